The molecule has 8 nitrogen and oxygen atoms in total. The SMILES string of the molecule is CCC1C2CC(Nc3ccc(C(F)(F)F)cn3)C(C2)N1C(=O)c1nc(C)ccc1-n1nccn1. The van der Waals surface area contributed by atoms with Crippen LogP contribution >= 0.6 is 0 Å². The average Bonchev–Trinajstić information content (AvgIpc) is 3.54. The molecule has 4 unspecified atom stereocenters. The van der Waals surface area contributed by atoms with Gasteiger partial charge in [-0.15, -0.1) is 4.80 Å². The number of aromatic nitrogens is 5. The second-order valence-corrected chi connectivity index (χ2v) is 8.81. The second kappa shape index (κ2) is 8.37. The van der Waals surface area contributed by atoms with Crippen molar-refractivity contribution >= 4 is 11.7 Å². The first kappa shape index (κ1) is 22.3. The molecule has 4 heterocycles. The fourth-order valence-electron chi connectivity index (χ4n) is 5.30. The molecular formula is C23H24F3N7O. The first-order valence-electron chi connectivity index (χ1n) is 11.2. The molecule has 1 aliphatic carbocycles. The van der Waals surface area contributed by atoms with Gasteiger partial charge in [-0.05, 0) is 56.4 Å². The maximum Gasteiger partial charge on any atom is 0.417 e. The van der Waals surface area contributed by atoms with E-state index in [1.165, 1.54) is 23.3 Å². The monoisotopic (exact) mass is 471 g/mol. The summed E-state index contributed by atoms with van der Waals surface area (Å²) in [7, 11) is 0. The number of amides is 1. The Morgan fingerprint density at radius 2 is 1.91 bits per heavy atom. The molecular weight excluding hydrogens is 447 g/mol. The topological polar surface area (TPSA) is 88.8 Å². The molecule has 2 aliphatic rings. The highest BCUT2D eigenvalue weighted by atomic mass is 19.4. The number of nitrogens with one attached hydrogen (secondary N) is 1. The van der Waals surface area contributed by atoms with Crippen LogP contribution in [0, 0.1) is 12.8 Å². The van der Waals surface area contributed by atoms with Crippen LogP contribution < -0.4 is 5.32 Å². The number of rotatable bonds is 5. The number of likely N-dealkylation sites (tertiary alicyclic amines) is 1. The Hall–Kier alpha value is -3.50. The fourth-order valence-corrected chi connectivity index (χ4v) is 5.30. The number of hydrogen-bond donors (Lipinski definition) is 1. The van der Waals surface area contributed by atoms with Gasteiger partial charge in [0.15, 0.2) is 5.69 Å². The molecule has 11 heteroatoms. The Labute approximate surface area is 194 Å². The number of piperidine rings is 1. The Morgan fingerprint density at radius 1 is 1.15 bits per heavy atom. The molecule has 5 rings (SSSR count). The minimum absolute atomic E-state index is 0.0665. The maximum atomic E-state index is 13.9. The summed E-state index contributed by atoms with van der Waals surface area (Å²) in [6.07, 6.45) is 1.92. The minimum atomic E-state index is -4.43. The van der Waals surface area contributed by atoms with E-state index in [0.717, 1.165) is 31.5 Å². The summed E-state index contributed by atoms with van der Waals surface area (Å²) in [5, 5.41) is 11.6. The Morgan fingerprint density at radius 3 is 2.56 bits per heavy atom. The summed E-state index contributed by atoms with van der Waals surface area (Å²) in [5.74, 6) is 0.463. The molecule has 2 fully saturated rings. The van der Waals surface area contributed by atoms with Crippen LogP contribution in [0.25, 0.3) is 5.69 Å². The number of anilines is 1. The van der Waals surface area contributed by atoms with Crippen LogP contribution in [0.3, 0.4) is 0 Å². The normalized spacial score (nSPS) is 24.0. The van der Waals surface area contributed by atoms with E-state index < -0.39 is 11.7 Å². The molecule has 1 saturated heterocycles. The molecule has 4 atom stereocenters. The molecule has 0 radical (unpaired) electrons. The average molecular weight is 471 g/mol. The number of nitrogens with zero attached hydrogens (tertiary/aromatic N) is 6. The van der Waals surface area contributed by atoms with Crippen molar-refractivity contribution in [1.29, 1.82) is 0 Å². The zero-order valence-electron chi connectivity index (χ0n) is 18.7. The maximum absolute atomic E-state index is 13.9. The van der Waals surface area contributed by atoms with Crippen molar-refractivity contribution in [3.63, 3.8) is 0 Å². The van der Waals surface area contributed by atoms with E-state index in [-0.39, 0.29) is 29.7 Å². The predicted molar refractivity (Wildman–Crippen MR) is 117 cm³/mol. The summed E-state index contributed by atoms with van der Waals surface area (Å²) in [6.45, 7) is 3.89. The Kier molecular flexibility index (Phi) is 5.49. The minimum Gasteiger partial charge on any atom is -0.365 e. The number of aryl methyl sites for hydroxylation is 1. The van der Waals surface area contributed by atoms with E-state index in [9.17, 15) is 18.0 Å². The van der Waals surface area contributed by atoms with Crippen molar-refractivity contribution in [2.75, 3.05) is 5.32 Å². The number of fused-ring (bicyclic) bond motifs is 2. The summed E-state index contributed by atoms with van der Waals surface area (Å²) in [5.41, 5.74) is 0.708. The summed E-state index contributed by atoms with van der Waals surface area (Å²) < 4.78 is 38.6. The van der Waals surface area contributed by atoms with Crippen LogP contribution in [-0.4, -0.2) is 53.9 Å². The lowest BCUT2D eigenvalue weighted by Crippen LogP contribution is -2.52. The van der Waals surface area contributed by atoms with Gasteiger partial charge >= 0.3 is 6.18 Å². The number of carbonyl (C=O) groups excluding carboxylic acids is 1. The Balaban J connectivity index is 1.42. The van der Waals surface area contributed by atoms with Gasteiger partial charge in [0.05, 0.1) is 24.0 Å². The zero-order valence-corrected chi connectivity index (χ0v) is 18.7. The van der Waals surface area contributed by atoms with E-state index in [4.69, 9.17) is 0 Å². The van der Waals surface area contributed by atoms with E-state index in [1.807, 2.05) is 17.9 Å². The van der Waals surface area contributed by atoms with Crippen LogP contribution in [0.15, 0.2) is 42.9 Å². The van der Waals surface area contributed by atoms with Gasteiger partial charge in [0.1, 0.15) is 11.5 Å². The van der Waals surface area contributed by atoms with Crippen LogP contribution in [-0.2, 0) is 6.18 Å². The van der Waals surface area contributed by atoms with Gasteiger partial charge in [0, 0.05) is 24.0 Å². The third kappa shape index (κ3) is 3.88. The standard InChI is InChI=1S/C23H24F3N7O/c1-3-17-14-10-16(31-20-7-5-15(12-27-20)23(24,25)26)19(11-14)32(17)22(34)21-18(6-4-13(2)30-21)33-28-8-9-29-33/h4-9,12,14,16-17,19H,3,10-11H2,1-2H3,(H,27,31). The number of carbonyl (C=O) groups is 1. The van der Waals surface area contributed by atoms with Gasteiger partial charge in [-0.25, -0.2) is 9.97 Å². The summed E-state index contributed by atoms with van der Waals surface area (Å²) in [6, 6.07) is 5.78. The van der Waals surface area contributed by atoms with Crippen molar-refractivity contribution in [3.8, 4) is 5.69 Å². The van der Waals surface area contributed by atoms with E-state index >= 15 is 0 Å². The molecule has 34 heavy (non-hydrogen) atoms. The lowest BCUT2D eigenvalue weighted by atomic mass is 9.94. The molecule has 1 N–H and O–H groups in total. The Bertz CT molecular complexity index is 1180. The number of halogens is 3. The van der Waals surface area contributed by atoms with Crippen molar-refractivity contribution in [2.24, 2.45) is 5.92 Å². The summed E-state index contributed by atoms with van der Waals surface area (Å²) >= 11 is 0. The molecule has 2 bridgehead atoms. The first-order valence-corrected chi connectivity index (χ1v) is 11.2. The molecule has 178 valence electrons. The van der Waals surface area contributed by atoms with E-state index in [2.05, 4.69) is 32.4 Å². The van der Waals surface area contributed by atoms with E-state index in [0.29, 0.717) is 23.1 Å². The van der Waals surface area contributed by atoms with Crippen LogP contribution in [0.2, 0.25) is 0 Å². The molecule has 1 aliphatic heterocycles. The highest BCUT2D eigenvalue weighted by molar-refractivity contribution is 5.96. The number of alkyl halides is 3. The van der Waals surface area contributed by atoms with Crippen LogP contribution in [0.5, 0.6) is 0 Å². The third-order valence-electron chi connectivity index (χ3n) is 6.75. The molecule has 1 saturated carbocycles. The molecule has 1 amide bonds. The lowest BCUT2D eigenvalue weighted by Gasteiger charge is -2.39. The predicted octanol–water partition coefficient (Wildman–Crippen LogP) is 3.88. The van der Waals surface area contributed by atoms with Gasteiger partial charge in [0.2, 0.25) is 0 Å². The van der Waals surface area contributed by atoms with Gasteiger partial charge in [-0.1, -0.05) is 6.92 Å². The molecule has 0 aromatic carbocycles. The van der Waals surface area contributed by atoms with Gasteiger partial charge < -0.3 is 10.2 Å². The van der Waals surface area contributed by atoms with Crippen LogP contribution in [0.1, 0.15) is 47.9 Å². The largest absolute Gasteiger partial charge is 0.417 e. The van der Waals surface area contributed by atoms with Gasteiger partial charge in [0.25, 0.3) is 5.91 Å². The molecule has 3 aromatic heterocycles. The quantitative estimate of drug-likeness (QED) is 0.608. The molecule has 0 spiro atoms. The number of pyridine rings is 2. The van der Waals surface area contributed by atoms with Crippen molar-refractivity contribution in [1.82, 2.24) is 29.9 Å². The van der Waals surface area contributed by atoms with E-state index in [1.54, 1.807) is 6.07 Å². The zero-order chi connectivity index (χ0) is 24.0. The first-order chi connectivity index (χ1) is 16.3. The lowest BCUT2D eigenvalue weighted by molar-refractivity contribution is -0.137. The van der Waals surface area contributed by atoms with Gasteiger partial charge in [-0.2, -0.15) is 23.4 Å². The highest BCUT2D eigenvalue weighted by Crippen LogP contribution is 2.45. The molecule has 3 aromatic rings. The summed E-state index contributed by atoms with van der Waals surface area (Å²) in [4.78, 5) is 25.6. The van der Waals surface area contributed by atoms with Gasteiger partial charge in [-0.3, -0.25) is 4.79 Å². The van der Waals surface area contributed by atoms with Crippen molar-refractivity contribution < 1.29 is 18.0 Å². The third-order valence-corrected chi connectivity index (χ3v) is 6.75. The fraction of sp³-hybridized carbons (Fsp3) is 0.435. The number of hydrogen-bond acceptors (Lipinski definition) is 6. The second-order valence-electron chi connectivity index (χ2n) is 8.81. The highest BCUT2D eigenvalue weighted by Gasteiger charge is 2.53. The van der Waals surface area contributed by atoms with Crippen molar-refractivity contribution in [3.05, 3.63) is 59.8 Å². The smallest absolute Gasteiger partial charge is 0.365 e. The van der Waals surface area contributed by atoms with Crippen molar-refractivity contribution in [2.45, 2.75) is 57.4 Å². The van der Waals surface area contributed by atoms with Crippen LogP contribution in [0.4, 0.5) is 19.0 Å².